The van der Waals surface area contributed by atoms with Crippen LogP contribution >= 0.6 is 11.3 Å². The van der Waals surface area contributed by atoms with Gasteiger partial charge in [0.05, 0.1) is 13.2 Å². The SMILES string of the molecule is COc1ccccc1C(CNC(=O)NCCN1CCc2sccc2C1)N(C)C. The first-order valence-corrected chi connectivity index (χ1v) is 10.5. The molecule has 2 heterocycles. The van der Waals surface area contributed by atoms with E-state index < -0.39 is 0 Å². The number of hydrogen-bond acceptors (Lipinski definition) is 5. The predicted octanol–water partition coefficient (Wildman–Crippen LogP) is 2.72. The van der Waals surface area contributed by atoms with Crippen LogP contribution in [0.4, 0.5) is 4.79 Å². The molecule has 6 nitrogen and oxygen atoms in total. The first kappa shape index (κ1) is 20.6. The van der Waals surface area contributed by atoms with Crippen LogP contribution in [-0.4, -0.2) is 63.2 Å². The summed E-state index contributed by atoms with van der Waals surface area (Å²) in [7, 11) is 5.68. The number of nitrogens with zero attached hydrogens (tertiary/aromatic N) is 2. The molecule has 3 rings (SSSR count). The van der Waals surface area contributed by atoms with Crippen LogP contribution in [0.2, 0.25) is 0 Å². The van der Waals surface area contributed by atoms with Crippen molar-refractivity contribution < 1.29 is 9.53 Å². The molecule has 0 fully saturated rings. The van der Waals surface area contributed by atoms with Crippen LogP contribution in [0.5, 0.6) is 5.75 Å². The minimum absolute atomic E-state index is 0.0426. The lowest BCUT2D eigenvalue weighted by Gasteiger charge is -2.27. The molecular weight excluding hydrogens is 372 g/mol. The number of benzene rings is 1. The van der Waals surface area contributed by atoms with Gasteiger partial charge in [-0.3, -0.25) is 4.90 Å². The molecule has 28 heavy (non-hydrogen) atoms. The number of likely N-dealkylation sites (N-methyl/N-ethyl adjacent to an activating group) is 1. The van der Waals surface area contributed by atoms with E-state index >= 15 is 0 Å². The van der Waals surface area contributed by atoms with Crippen LogP contribution in [0.25, 0.3) is 0 Å². The number of rotatable bonds is 8. The Balaban J connectivity index is 1.44. The minimum Gasteiger partial charge on any atom is -0.496 e. The number of amides is 2. The molecule has 2 amide bonds. The van der Waals surface area contributed by atoms with Gasteiger partial charge in [0.2, 0.25) is 0 Å². The van der Waals surface area contributed by atoms with Crippen LogP contribution in [0.1, 0.15) is 22.0 Å². The van der Waals surface area contributed by atoms with Gasteiger partial charge in [0.25, 0.3) is 0 Å². The molecular formula is C21H30N4O2S. The molecule has 0 bridgehead atoms. The third kappa shape index (κ3) is 5.25. The highest BCUT2D eigenvalue weighted by atomic mass is 32.1. The van der Waals surface area contributed by atoms with Crippen molar-refractivity contribution in [1.29, 1.82) is 0 Å². The topological polar surface area (TPSA) is 56.8 Å². The predicted molar refractivity (Wildman–Crippen MR) is 114 cm³/mol. The normalized spacial score (nSPS) is 15.1. The minimum atomic E-state index is -0.130. The van der Waals surface area contributed by atoms with Gasteiger partial charge < -0.3 is 20.3 Å². The van der Waals surface area contributed by atoms with Gasteiger partial charge in [0, 0.05) is 43.2 Å². The van der Waals surface area contributed by atoms with Gasteiger partial charge in [-0.15, -0.1) is 11.3 Å². The van der Waals surface area contributed by atoms with Crippen molar-refractivity contribution in [3.63, 3.8) is 0 Å². The molecule has 2 aromatic rings. The maximum Gasteiger partial charge on any atom is 0.314 e. The second kappa shape index (κ2) is 9.91. The maximum absolute atomic E-state index is 12.3. The number of carbonyl (C=O) groups is 1. The second-order valence-electron chi connectivity index (χ2n) is 7.25. The van der Waals surface area contributed by atoms with Gasteiger partial charge in [-0.1, -0.05) is 18.2 Å². The number of methoxy groups -OCH3 is 1. The van der Waals surface area contributed by atoms with Gasteiger partial charge >= 0.3 is 6.03 Å². The van der Waals surface area contributed by atoms with Crippen LogP contribution < -0.4 is 15.4 Å². The fraction of sp³-hybridized carbons (Fsp3) is 0.476. The molecule has 1 unspecified atom stereocenters. The summed E-state index contributed by atoms with van der Waals surface area (Å²) >= 11 is 1.85. The number of thiophene rings is 1. The lowest BCUT2D eigenvalue weighted by atomic mass is 10.0. The summed E-state index contributed by atoms with van der Waals surface area (Å²) < 4.78 is 5.47. The van der Waals surface area contributed by atoms with Crippen LogP contribution in [0, 0.1) is 0 Å². The van der Waals surface area contributed by atoms with E-state index in [1.165, 1.54) is 10.4 Å². The first-order valence-electron chi connectivity index (χ1n) is 9.67. The Bertz CT molecular complexity index is 777. The van der Waals surface area contributed by atoms with Gasteiger partial charge in [-0.25, -0.2) is 4.79 Å². The third-order valence-electron chi connectivity index (χ3n) is 5.18. The Kier molecular flexibility index (Phi) is 7.30. The lowest BCUT2D eigenvalue weighted by molar-refractivity contribution is 0.224. The first-order chi connectivity index (χ1) is 13.6. The molecule has 1 aromatic carbocycles. The van der Waals surface area contributed by atoms with Crippen LogP contribution in [0.15, 0.2) is 35.7 Å². The quantitative estimate of drug-likeness (QED) is 0.713. The van der Waals surface area contributed by atoms with Crippen molar-refractivity contribution in [2.24, 2.45) is 0 Å². The molecule has 2 N–H and O–H groups in total. The summed E-state index contributed by atoms with van der Waals surface area (Å²) in [6.07, 6.45) is 1.11. The molecule has 152 valence electrons. The lowest BCUT2D eigenvalue weighted by Crippen LogP contribution is -2.43. The molecule has 1 aromatic heterocycles. The highest BCUT2D eigenvalue weighted by molar-refractivity contribution is 7.10. The van der Waals surface area contributed by atoms with E-state index in [0.29, 0.717) is 13.1 Å². The summed E-state index contributed by atoms with van der Waals surface area (Å²) in [6, 6.07) is 10.1. The number of hydrogen-bond donors (Lipinski definition) is 2. The van der Waals surface area contributed by atoms with Crippen molar-refractivity contribution in [2.75, 3.05) is 47.4 Å². The molecule has 1 aliphatic heterocycles. The molecule has 0 saturated heterocycles. The van der Waals surface area contributed by atoms with Crippen LogP contribution in [0.3, 0.4) is 0 Å². The van der Waals surface area contributed by atoms with E-state index in [4.69, 9.17) is 4.74 Å². The number of para-hydroxylation sites is 1. The van der Waals surface area contributed by atoms with Crippen molar-refractivity contribution in [3.8, 4) is 5.75 Å². The highest BCUT2D eigenvalue weighted by Gasteiger charge is 2.19. The van der Waals surface area contributed by atoms with E-state index in [-0.39, 0.29) is 12.1 Å². The summed E-state index contributed by atoms with van der Waals surface area (Å²) in [6.45, 7) is 4.08. The summed E-state index contributed by atoms with van der Waals surface area (Å²) in [5, 5.41) is 8.15. The van der Waals surface area contributed by atoms with Gasteiger partial charge in [-0.05, 0) is 43.6 Å². The molecule has 1 atom stereocenters. The van der Waals surface area contributed by atoms with Gasteiger partial charge in [0.15, 0.2) is 0 Å². The number of carbonyl (C=O) groups excluding carboxylic acids is 1. The number of fused-ring (bicyclic) bond motifs is 1. The zero-order chi connectivity index (χ0) is 19.9. The Morgan fingerprint density at radius 3 is 2.89 bits per heavy atom. The van der Waals surface area contributed by atoms with Crippen molar-refractivity contribution >= 4 is 17.4 Å². The smallest absolute Gasteiger partial charge is 0.314 e. The van der Waals surface area contributed by atoms with E-state index in [1.807, 2.05) is 49.7 Å². The summed E-state index contributed by atoms with van der Waals surface area (Å²) in [5.74, 6) is 0.835. The maximum atomic E-state index is 12.3. The molecule has 0 radical (unpaired) electrons. The van der Waals surface area contributed by atoms with E-state index in [2.05, 4.69) is 31.9 Å². The summed E-state index contributed by atoms with van der Waals surface area (Å²) in [5.41, 5.74) is 2.50. The van der Waals surface area contributed by atoms with Crippen molar-refractivity contribution in [3.05, 3.63) is 51.7 Å². The van der Waals surface area contributed by atoms with Crippen molar-refractivity contribution in [1.82, 2.24) is 20.4 Å². The van der Waals surface area contributed by atoms with Gasteiger partial charge in [0.1, 0.15) is 5.75 Å². The zero-order valence-corrected chi connectivity index (χ0v) is 17.7. The number of urea groups is 1. The average molecular weight is 403 g/mol. The molecule has 0 aliphatic carbocycles. The largest absolute Gasteiger partial charge is 0.496 e. The third-order valence-corrected chi connectivity index (χ3v) is 6.20. The van der Waals surface area contributed by atoms with E-state index in [1.54, 1.807) is 7.11 Å². The summed E-state index contributed by atoms with van der Waals surface area (Å²) in [4.78, 5) is 18.3. The highest BCUT2D eigenvalue weighted by Crippen LogP contribution is 2.27. The Morgan fingerprint density at radius 2 is 2.11 bits per heavy atom. The van der Waals surface area contributed by atoms with E-state index in [9.17, 15) is 4.79 Å². The van der Waals surface area contributed by atoms with Crippen molar-refractivity contribution in [2.45, 2.75) is 19.0 Å². The second-order valence-corrected chi connectivity index (χ2v) is 8.25. The molecule has 1 aliphatic rings. The Labute approximate surface area is 171 Å². The fourth-order valence-electron chi connectivity index (χ4n) is 3.59. The molecule has 0 saturated carbocycles. The zero-order valence-electron chi connectivity index (χ0n) is 16.9. The number of nitrogens with one attached hydrogen (secondary N) is 2. The Hall–Kier alpha value is -2.09. The fourth-order valence-corrected chi connectivity index (χ4v) is 4.48. The Morgan fingerprint density at radius 1 is 1.29 bits per heavy atom. The monoisotopic (exact) mass is 402 g/mol. The number of ether oxygens (including phenoxy) is 1. The van der Waals surface area contributed by atoms with E-state index in [0.717, 1.165) is 37.4 Å². The molecule has 0 spiro atoms. The standard InChI is InChI=1S/C21H30N4O2S/c1-24(2)18(17-6-4-5-7-19(17)27-3)14-23-21(26)22-10-12-25-11-8-20-16(15-25)9-13-28-20/h4-7,9,13,18H,8,10-12,14-15H2,1-3H3,(H2,22,23,26). The van der Waals surface area contributed by atoms with Crippen LogP contribution in [-0.2, 0) is 13.0 Å². The van der Waals surface area contributed by atoms with Gasteiger partial charge in [-0.2, -0.15) is 0 Å². The molecule has 7 heteroatoms. The average Bonchev–Trinajstić information content (AvgIpc) is 3.16.